The van der Waals surface area contributed by atoms with E-state index in [1.54, 1.807) is 7.05 Å². The largest absolute Gasteiger partial charge is 0.356 e. The third-order valence-electron chi connectivity index (χ3n) is 5.25. The molecule has 1 saturated heterocycles. The molecule has 29 heavy (non-hydrogen) atoms. The number of guanidine groups is 1. The molecule has 0 bridgehead atoms. The van der Waals surface area contributed by atoms with Gasteiger partial charge < -0.3 is 10.6 Å². The number of fused-ring (bicyclic) bond motifs is 1. The normalized spacial score (nSPS) is 16.0. The quantitative estimate of drug-likeness (QED) is 0.294. The van der Waals surface area contributed by atoms with Crippen molar-refractivity contribution >= 4 is 46.9 Å². The molecule has 4 heterocycles. The number of aromatic nitrogens is 3. The van der Waals surface area contributed by atoms with Crippen LogP contribution in [0.1, 0.15) is 23.5 Å². The predicted molar refractivity (Wildman–Crippen MR) is 129 cm³/mol. The Hall–Kier alpha value is -1.72. The molecule has 3 aromatic heterocycles. The molecule has 0 atom stereocenters. The third-order valence-corrected chi connectivity index (χ3v) is 6.11. The van der Waals surface area contributed by atoms with Crippen molar-refractivity contribution in [2.75, 3.05) is 26.7 Å². The van der Waals surface area contributed by atoms with Gasteiger partial charge in [-0.25, -0.2) is 0 Å². The van der Waals surface area contributed by atoms with Gasteiger partial charge in [0.15, 0.2) is 17.4 Å². The molecular formula is C20H28IN7S. The molecule has 0 unspecified atom stereocenters. The molecule has 0 radical (unpaired) electrons. The van der Waals surface area contributed by atoms with E-state index in [2.05, 4.69) is 48.2 Å². The average Bonchev–Trinajstić information content (AvgIpc) is 3.39. The van der Waals surface area contributed by atoms with E-state index in [0.29, 0.717) is 12.5 Å². The first kappa shape index (κ1) is 22.0. The van der Waals surface area contributed by atoms with Crippen molar-refractivity contribution in [1.82, 2.24) is 30.1 Å². The van der Waals surface area contributed by atoms with Crippen LogP contribution < -0.4 is 10.6 Å². The number of nitrogens with zero attached hydrogens (tertiary/aromatic N) is 5. The molecule has 4 rings (SSSR count). The summed E-state index contributed by atoms with van der Waals surface area (Å²) in [5.74, 6) is 2.38. The van der Waals surface area contributed by atoms with Crippen LogP contribution in [-0.2, 0) is 13.1 Å². The van der Waals surface area contributed by atoms with E-state index in [1.807, 2.05) is 40.1 Å². The third kappa shape index (κ3) is 5.89. The number of pyridine rings is 1. The van der Waals surface area contributed by atoms with Gasteiger partial charge in [-0.2, -0.15) is 0 Å². The van der Waals surface area contributed by atoms with Gasteiger partial charge >= 0.3 is 0 Å². The topological polar surface area (TPSA) is 69.8 Å². The second-order valence-corrected chi connectivity index (χ2v) is 8.18. The average molecular weight is 525 g/mol. The zero-order valence-corrected chi connectivity index (χ0v) is 19.8. The van der Waals surface area contributed by atoms with Crippen molar-refractivity contribution in [2.45, 2.75) is 25.9 Å². The van der Waals surface area contributed by atoms with Crippen LogP contribution in [0.3, 0.4) is 0 Å². The number of halogens is 1. The van der Waals surface area contributed by atoms with Crippen LogP contribution in [0.4, 0.5) is 0 Å². The number of rotatable bonds is 6. The zero-order valence-electron chi connectivity index (χ0n) is 16.6. The highest BCUT2D eigenvalue weighted by atomic mass is 127. The van der Waals surface area contributed by atoms with Crippen molar-refractivity contribution in [3.63, 3.8) is 0 Å². The van der Waals surface area contributed by atoms with E-state index in [0.717, 1.165) is 30.5 Å². The second kappa shape index (κ2) is 10.9. The fourth-order valence-corrected chi connectivity index (χ4v) is 4.35. The monoisotopic (exact) mass is 525 g/mol. The lowest BCUT2D eigenvalue weighted by Crippen LogP contribution is -2.42. The SMILES string of the molecule is CN=C(NCc1nnc2ccccn12)NCC1CCN(Cc2cccs2)CC1.I. The zero-order chi connectivity index (χ0) is 19.2. The molecular weight excluding hydrogens is 497 g/mol. The van der Waals surface area contributed by atoms with Crippen LogP contribution in [0.2, 0.25) is 0 Å². The van der Waals surface area contributed by atoms with E-state index in [1.165, 1.54) is 30.8 Å². The van der Waals surface area contributed by atoms with Crippen LogP contribution in [0.5, 0.6) is 0 Å². The van der Waals surface area contributed by atoms with Crippen molar-refractivity contribution in [1.29, 1.82) is 0 Å². The summed E-state index contributed by atoms with van der Waals surface area (Å²) in [5, 5.41) is 17.4. The van der Waals surface area contributed by atoms with Gasteiger partial charge in [0, 0.05) is 31.2 Å². The summed E-state index contributed by atoms with van der Waals surface area (Å²) in [5.41, 5.74) is 0.858. The minimum atomic E-state index is 0. The van der Waals surface area contributed by atoms with Crippen molar-refractivity contribution < 1.29 is 0 Å². The van der Waals surface area contributed by atoms with Gasteiger partial charge in [-0.3, -0.25) is 14.3 Å². The van der Waals surface area contributed by atoms with Gasteiger partial charge in [0.05, 0.1) is 6.54 Å². The van der Waals surface area contributed by atoms with Gasteiger partial charge in [-0.1, -0.05) is 12.1 Å². The highest BCUT2D eigenvalue weighted by molar-refractivity contribution is 14.0. The van der Waals surface area contributed by atoms with Gasteiger partial charge in [-0.15, -0.1) is 45.5 Å². The Morgan fingerprint density at radius 2 is 2.03 bits per heavy atom. The van der Waals surface area contributed by atoms with Crippen LogP contribution in [0, 0.1) is 5.92 Å². The highest BCUT2D eigenvalue weighted by Crippen LogP contribution is 2.20. The Bertz CT molecular complexity index is 901. The van der Waals surface area contributed by atoms with Crippen LogP contribution in [-0.4, -0.2) is 52.1 Å². The lowest BCUT2D eigenvalue weighted by atomic mass is 9.97. The van der Waals surface area contributed by atoms with E-state index in [9.17, 15) is 0 Å². The Labute approximate surface area is 192 Å². The number of hydrogen-bond donors (Lipinski definition) is 2. The Balaban J connectivity index is 0.00000240. The first-order valence-electron chi connectivity index (χ1n) is 9.79. The van der Waals surface area contributed by atoms with Crippen LogP contribution in [0.25, 0.3) is 5.65 Å². The Morgan fingerprint density at radius 3 is 2.79 bits per heavy atom. The number of nitrogens with one attached hydrogen (secondary N) is 2. The fraction of sp³-hybridized carbons (Fsp3) is 0.450. The molecule has 0 amide bonds. The van der Waals surface area contributed by atoms with E-state index >= 15 is 0 Å². The number of piperidine rings is 1. The van der Waals surface area contributed by atoms with Gasteiger partial charge in [0.25, 0.3) is 0 Å². The fourth-order valence-electron chi connectivity index (χ4n) is 3.61. The van der Waals surface area contributed by atoms with E-state index < -0.39 is 0 Å². The van der Waals surface area contributed by atoms with Gasteiger partial charge in [-0.05, 0) is 55.4 Å². The molecule has 3 aromatic rings. The molecule has 1 aliphatic heterocycles. The molecule has 0 saturated carbocycles. The summed E-state index contributed by atoms with van der Waals surface area (Å²) in [6.07, 6.45) is 4.43. The number of thiophene rings is 1. The minimum Gasteiger partial charge on any atom is -0.356 e. The number of hydrogen-bond acceptors (Lipinski definition) is 5. The Kier molecular flexibility index (Phi) is 8.25. The lowest BCUT2D eigenvalue weighted by molar-refractivity contribution is 0.179. The summed E-state index contributed by atoms with van der Waals surface area (Å²) in [4.78, 5) is 8.37. The summed E-state index contributed by atoms with van der Waals surface area (Å²) >= 11 is 1.85. The molecule has 1 aliphatic rings. The smallest absolute Gasteiger partial charge is 0.191 e. The van der Waals surface area contributed by atoms with Crippen molar-refractivity contribution in [2.24, 2.45) is 10.9 Å². The van der Waals surface area contributed by atoms with Crippen molar-refractivity contribution in [3.05, 3.63) is 52.6 Å². The summed E-state index contributed by atoms with van der Waals surface area (Å²) in [6, 6.07) is 10.3. The standard InChI is InChI=1S/C20H27N7S.HI/c1-21-20(23-14-19-25-24-18-6-2-3-9-27(18)19)22-13-16-7-10-26(11-8-16)15-17-5-4-12-28-17;/h2-6,9,12,16H,7-8,10-11,13-15H2,1H3,(H2,21,22,23);1H. The molecule has 0 aliphatic carbocycles. The molecule has 7 nitrogen and oxygen atoms in total. The summed E-state index contributed by atoms with van der Waals surface area (Å²) < 4.78 is 1.99. The van der Waals surface area contributed by atoms with Crippen LogP contribution >= 0.6 is 35.3 Å². The maximum atomic E-state index is 4.34. The number of likely N-dealkylation sites (tertiary alicyclic amines) is 1. The second-order valence-electron chi connectivity index (χ2n) is 7.15. The first-order valence-corrected chi connectivity index (χ1v) is 10.7. The Morgan fingerprint density at radius 1 is 1.17 bits per heavy atom. The molecule has 0 aromatic carbocycles. The van der Waals surface area contributed by atoms with E-state index in [-0.39, 0.29) is 24.0 Å². The molecule has 0 spiro atoms. The first-order chi connectivity index (χ1) is 13.8. The van der Waals surface area contributed by atoms with Crippen LogP contribution in [0.15, 0.2) is 46.9 Å². The summed E-state index contributed by atoms with van der Waals surface area (Å²) in [6.45, 7) is 4.97. The van der Waals surface area contributed by atoms with Gasteiger partial charge in [0.2, 0.25) is 0 Å². The maximum absolute atomic E-state index is 4.34. The van der Waals surface area contributed by atoms with Gasteiger partial charge in [0.1, 0.15) is 0 Å². The maximum Gasteiger partial charge on any atom is 0.191 e. The number of aliphatic imine (C=N–C) groups is 1. The van der Waals surface area contributed by atoms with Crippen molar-refractivity contribution in [3.8, 4) is 0 Å². The lowest BCUT2D eigenvalue weighted by Gasteiger charge is -2.32. The molecule has 156 valence electrons. The minimum absolute atomic E-state index is 0. The molecule has 1 fully saturated rings. The van der Waals surface area contributed by atoms with E-state index in [4.69, 9.17) is 0 Å². The molecule has 9 heteroatoms. The molecule has 2 N–H and O–H groups in total. The highest BCUT2D eigenvalue weighted by Gasteiger charge is 2.19. The summed E-state index contributed by atoms with van der Waals surface area (Å²) in [7, 11) is 1.81. The predicted octanol–water partition coefficient (Wildman–Crippen LogP) is 2.99.